The summed E-state index contributed by atoms with van der Waals surface area (Å²) in [5.41, 5.74) is 2.77. The van der Waals surface area contributed by atoms with E-state index in [1.54, 1.807) is 0 Å². The lowest BCUT2D eigenvalue weighted by molar-refractivity contribution is -0.137. The molecule has 0 aliphatic heterocycles. The first-order valence-electron chi connectivity index (χ1n) is 7.33. The smallest absolute Gasteiger partial charge is 0.303 e. The summed E-state index contributed by atoms with van der Waals surface area (Å²) in [6, 6.07) is 0. The van der Waals surface area contributed by atoms with Gasteiger partial charge in [-0.15, -0.1) is 0 Å². The van der Waals surface area contributed by atoms with Gasteiger partial charge in [0.15, 0.2) is 0 Å². The fraction of sp³-hybridized carbons (Fsp3) is 0.588. The molecule has 0 spiro atoms. The fourth-order valence-electron chi connectivity index (χ4n) is 3.49. The maximum Gasteiger partial charge on any atom is 0.303 e. The molecule has 0 amide bonds. The number of carboxylic acid groups (broad SMARTS) is 1. The van der Waals surface area contributed by atoms with Crippen LogP contribution in [0.2, 0.25) is 0 Å². The molecule has 0 saturated carbocycles. The van der Waals surface area contributed by atoms with Gasteiger partial charge in [0.1, 0.15) is 0 Å². The van der Waals surface area contributed by atoms with Gasteiger partial charge in [0.2, 0.25) is 0 Å². The van der Waals surface area contributed by atoms with E-state index in [-0.39, 0.29) is 11.8 Å². The zero-order chi connectivity index (χ0) is 13.9. The first kappa shape index (κ1) is 14.1. The van der Waals surface area contributed by atoms with E-state index in [9.17, 15) is 4.79 Å². The van der Waals surface area contributed by atoms with Gasteiger partial charge in [-0.1, -0.05) is 42.4 Å². The van der Waals surface area contributed by atoms with Crippen LogP contribution in [0.1, 0.15) is 52.4 Å². The molecule has 0 saturated heterocycles. The van der Waals surface area contributed by atoms with Crippen molar-refractivity contribution in [1.29, 1.82) is 0 Å². The normalized spacial score (nSPS) is 30.7. The van der Waals surface area contributed by atoms with Crippen molar-refractivity contribution in [2.45, 2.75) is 52.4 Å². The second kappa shape index (κ2) is 5.77. The summed E-state index contributed by atoms with van der Waals surface area (Å²) in [4.78, 5) is 11.0. The lowest BCUT2D eigenvalue weighted by Gasteiger charge is -2.42. The van der Waals surface area contributed by atoms with Crippen molar-refractivity contribution in [3.05, 3.63) is 35.5 Å². The molecule has 2 heteroatoms. The zero-order valence-corrected chi connectivity index (χ0v) is 12.0. The van der Waals surface area contributed by atoms with Gasteiger partial charge < -0.3 is 5.11 Å². The van der Waals surface area contributed by atoms with E-state index in [4.69, 9.17) is 5.11 Å². The van der Waals surface area contributed by atoms with Crippen LogP contribution in [0.4, 0.5) is 0 Å². The van der Waals surface area contributed by atoms with Crippen molar-refractivity contribution in [3.8, 4) is 0 Å². The van der Waals surface area contributed by atoms with Gasteiger partial charge in [-0.05, 0) is 44.9 Å². The van der Waals surface area contributed by atoms with E-state index < -0.39 is 5.97 Å². The van der Waals surface area contributed by atoms with Gasteiger partial charge >= 0.3 is 5.97 Å². The number of allylic oxidation sites excluding steroid dienone is 6. The average molecular weight is 260 g/mol. The third-order valence-corrected chi connectivity index (χ3v) is 4.85. The molecule has 0 heterocycles. The first-order chi connectivity index (χ1) is 9.06. The van der Waals surface area contributed by atoms with Crippen molar-refractivity contribution in [3.63, 3.8) is 0 Å². The predicted octanol–water partition coefficient (Wildman–Crippen LogP) is 4.49. The van der Waals surface area contributed by atoms with Gasteiger partial charge in [0.05, 0.1) is 0 Å². The molecule has 0 aromatic carbocycles. The van der Waals surface area contributed by atoms with Crippen LogP contribution in [0, 0.1) is 11.3 Å². The maximum atomic E-state index is 11.0. The molecule has 0 bridgehead atoms. The molecule has 1 N–H and O–H groups in total. The number of carbonyl (C=O) groups is 1. The second-order valence-corrected chi connectivity index (χ2v) is 5.90. The summed E-state index contributed by atoms with van der Waals surface area (Å²) in [5.74, 6) is -0.287. The summed E-state index contributed by atoms with van der Waals surface area (Å²) >= 11 is 0. The minimum Gasteiger partial charge on any atom is -0.481 e. The Morgan fingerprint density at radius 2 is 2.26 bits per heavy atom. The van der Waals surface area contributed by atoms with Crippen molar-refractivity contribution >= 4 is 5.97 Å². The van der Waals surface area contributed by atoms with E-state index in [1.165, 1.54) is 24.0 Å². The largest absolute Gasteiger partial charge is 0.481 e. The van der Waals surface area contributed by atoms with Crippen LogP contribution in [0.15, 0.2) is 35.5 Å². The van der Waals surface area contributed by atoms with Crippen molar-refractivity contribution in [2.75, 3.05) is 0 Å². The standard InChI is InChI=1S/C17H24O2/c1-13-7-6-11-17(14(13)2,12-10-16(18)19)15-8-4-3-5-9-15/h6-8,11,14H,3-5,9-10,12H2,1-2H3,(H,18,19). The monoisotopic (exact) mass is 260 g/mol. The Morgan fingerprint density at radius 1 is 1.47 bits per heavy atom. The Kier molecular flexibility index (Phi) is 4.28. The molecule has 2 aliphatic carbocycles. The number of rotatable bonds is 4. The molecule has 0 aromatic heterocycles. The van der Waals surface area contributed by atoms with Gasteiger partial charge in [-0.3, -0.25) is 4.79 Å². The van der Waals surface area contributed by atoms with E-state index in [1.807, 2.05) is 0 Å². The van der Waals surface area contributed by atoms with Crippen LogP contribution in [0.3, 0.4) is 0 Å². The Morgan fingerprint density at radius 3 is 2.89 bits per heavy atom. The minimum absolute atomic E-state index is 0.0579. The molecule has 2 nitrogen and oxygen atoms in total. The van der Waals surface area contributed by atoms with E-state index >= 15 is 0 Å². The Labute approximate surface area is 115 Å². The number of hydrogen-bond donors (Lipinski definition) is 1. The molecule has 0 fully saturated rings. The van der Waals surface area contributed by atoms with Crippen LogP contribution >= 0.6 is 0 Å². The first-order valence-corrected chi connectivity index (χ1v) is 7.33. The van der Waals surface area contributed by atoms with Gasteiger partial charge in [-0.2, -0.15) is 0 Å². The van der Waals surface area contributed by atoms with Crippen molar-refractivity contribution in [1.82, 2.24) is 0 Å². The third-order valence-electron chi connectivity index (χ3n) is 4.85. The molecular weight excluding hydrogens is 236 g/mol. The topological polar surface area (TPSA) is 37.3 Å². The molecule has 2 unspecified atom stereocenters. The summed E-state index contributed by atoms with van der Waals surface area (Å²) in [5, 5.41) is 9.05. The number of carboxylic acids is 1. The van der Waals surface area contributed by atoms with Crippen LogP contribution in [0.25, 0.3) is 0 Å². The molecule has 2 atom stereocenters. The zero-order valence-electron chi connectivity index (χ0n) is 12.0. The van der Waals surface area contributed by atoms with Crippen LogP contribution in [-0.2, 0) is 4.79 Å². The summed E-state index contributed by atoms with van der Waals surface area (Å²) in [6.45, 7) is 4.40. The molecule has 2 aliphatic rings. The highest BCUT2D eigenvalue weighted by Crippen LogP contribution is 2.49. The third kappa shape index (κ3) is 2.83. The lowest BCUT2D eigenvalue weighted by atomic mass is 9.61. The van der Waals surface area contributed by atoms with Crippen LogP contribution in [-0.4, -0.2) is 11.1 Å². The van der Waals surface area contributed by atoms with Crippen LogP contribution < -0.4 is 0 Å². The molecular formula is C17H24O2. The molecule has 0 aromatic rings. The summed E-state index contributed by atoms with van der Waals surface area (Å²) in [6.07, 6.45) is 14.6. The van der Waals surface area contributed by atoms with E-state index in [0.717, 1.165) is 19.3 Å². The highest BCUT2D eigenvalue weighted by atomic mass is 16.4. The van der Waals surface area contributed by atoms with Gasteiger partial charge in [-0.25, -0.2) is 0 Å². The minimum atomic E-state index is -0.691. The fourth-order valence-corrected chi connectivity index (χ4v) is 3.49. The van der Waals surface area contributed by atoms with Crippen molar-refractivity contribution < 1.29 is 9.90 Å². The highest BCUT2D eigenvalue weighted by Gasteiger charge is 2.39. The van der Waals surface area contributed by atoms with Crippen LogP contribution in [0.5, 0.6) is 0 Å². The molecule has 19 heavy (non-hydrogen) atoms. The Bertz CT molecular complexity index is 442. The maximum absolute atomic E-state index is 11.0. The van der Waals surface area contributed by atoms with Crippen molar-refractivity contribution in [2.24, 2.45) is 11.3 Å². The second-order valence-electron chi connectivity index (χ2n) is 5.90. The lowest BCUT2D eigenvalue weighted by Crippen LogP contribution is -2.33. The summed E-state index contributed by atoms with van der Waals surface area (Å²) < 4.78 is 0. The van der Waals surface area contributed by atoms with E-state index in [2.05, 4.69) is 38.2 Å². The quantitative estimate of drug-likeness (QED) is 0.756. The number of hydrogen-bond acceptors (Lipinski definition) is 1. The highest BCUT2D eigenvalue weighted by molar-refractivity contribution is 5.67. The SMILES string of the molecule is CC1=CC=CC(CCC(=O)O)(C2=CCCCC2)C1C. The summed E-state index contributed by atoms with van der Waals surface area (Å²) in [7, 11) is 0. The average Bonchev–Trinajstić information content (AvgIpc) is 2.42. The Balaban J connectivity index is 2.32. The van der Waals surface area contributed by atoms with Gasteiger partial charge in [0.25, 0.3) is 0 Å². The molecule has 0 radical (unpaired) electrons. The predicted molar refractivity (Wildman–Crippen MR) is 77.9 cm³/mol. The van der Waals surface area contributed by atoms with Gasteiger partial charge in [0, 0.05) is 11.8 Å². The molecule has 104 valence electrons. The molecule has 2 rings (SSSR count). The Hall–Kier alpha value is -1.31. The number of aliphatic carboxylic acids is 1. The van der Waals surface area contributed by atoms with E-state index in [0.29, 0.717) is 5.92 Å².